The Labute approximate surface area is 169 Å². The van der Waals surface area contributed by atoms with Crippen LogP contribution in [0.3, 0.4) is 0 Å². The molecule has 0 radical (unpaired) electrons. The Balaban J connectivity index is 4.36. The van der Waals surface area contributed by atoms with Gasteiger partial charge in [-0.1, -0.05) is 18.7 Å². The van der Waals surface area contributed by atoms with Crippen LogP contribution in [0.2, 0.25) is 0 Å². The number of thioether (sulfide) groups is 1. The van der Waals surface area contributed by atoms with Crippen molar-refractivity contribution >= 4 is 41.0 Å². The monoisotopic (exact) mass is 417 g/mol. The van der Waals surface area contributed by atoms with Gasteiger partial charge in [0.25, 0.3) is 0 Å². The van der Waals surface area contributed by atoms with Gasteiger partial charge in [-0.05, 0) is 31.7 Å². The smallest absolute Gasteiger partial charge is 0.326 e. The van der Waals surface area contributed by atoms with Crippen molar-refractivity contribution < 1.29 is 24.3 Å². The van der Waals surface area contributed by atoms with Gasteiger partial charge >= 0.3 is 5.97 Å². The summed E-state index contributed by atoms with van der Waals surface area (Å²) in [6.45, 7) is 3.99. The summed E-state index contributed by atoms with van der Waals surface area (Å²) in [5.41, 5.74) is 5.14. The van der Waals surface area contributed by atoms with Crippen LogP contribution in [0.15, 0.2) is 0 Å². The van der Waals surface area contributed by atoms with E-state index in [-0.39, 0.29) is 35.9 Å². The minimum Gasteiger partial charge on any atom is -0.480 e. The number of rotatable bonds is 15. The first-order valence-corrected chi connectivity index (χ1v) is 10.0. The lowest BCUT2D eigenvalue weighted by atomic mass is 9.98. The second-order valence-corrected chi connectivity index (χ2v) is 7.79. The Morgan fingerprint density at radius 2 is 2.00 bits per heavy atom. The van der Waals surface area contributed by atoms with Gasteiger partial charge in [-0.15, -0.1) is 0 Å². The Kier molecular flexibility index (Phi) is 13.7. The van der Waals surface area contributed by atoms with Crippen LogP contribution >= 0.6 is 11.8 Å². The summed E-state index contributed by atoms with van der Waals surface area (Å²) in [6, 6.07) is -1.03. The summed E-state index contributed by atoms with van der Waals surface area (Å²) < 4.78 is 0. The van der Waals surface area contributed by atoms with E-state index in [0.29, 0.717) is 31.7 Å². The third-order valence-corrected chi connectivity index (χ3v) is 4.84. The van der Waals surface area contributed by atoms with Crippen LogP contribution in [0.25, 0.3) is 0 Å². The predicted molar refractivity (Wildman–Crippen MR) is 108 cm³/mol. The fraction of sp³-hybridized carbons (Fsp3) is 0.706. The number of aliphatic carboxylic acids is 1. The molecule has 0 bridgehead atoms. The highest BCUT2D eigenvalue weighted by Crippen LogP contribution is 2.16. The molecule has 0 aromatic rings. The minimum atomic E-state index is -1.13. The number of nitrogens with two attached hydrogens (primary N) is 1. The predicted octanol–water partition coefficient (Wildman–Crippen LogP) is -0.470. The fourth-order valence-electron chi connectivity index (χ4n) is 2.45. The molecule has 160 valence electrons. The van der Waals surface area contributed by atoms with Crippen molar-refractivity contribution in [3.63, 3.8) is 0 Å². The zero-order valence-corrected chi connectivity index (χ0v) is 17.1. The number of nitrogens with one attached hydrogen (secondary N) is 4. The third kappa shape index (κ3) is 14.0. The molecule has 1 amide bonds. The van der Waals surface area contributed by atoms with Crippen LogP contribution < -0.4 is 21.7 Å². The van der Waals surface area contributed by atoms with E-state index in [1.165, 1.54) is 18.7 Å². The molecule has 0 heterocycles. The zero-order valence-electron chi connectivity index (χ0n) is 16.3. The van der Waals surface area contributed by atoms with Crippen molar-refractivity contribution in [3.05, 3.63) is 0 Å². The Morgan fingerprint density at radius 1 is 1.32 bits per heavy atom. The number of carboxylic acid groups (broad SMARTS) is 1. The maximum Gasteiger partial charge on any atom is 0.326 e. The number of carbonyl (C=O) groups excluding carboxylic acids is 3. The molecule has 0 saturated carbocycles. The Bertz CT molecular complexity index is 546. The van der Waals surface area contributed by atoms with Gasteiger partial charge in [0.2, 0.25) is 5.91 Å². The van der Waals surface area contributed by atoms with E-state index >= 15 is 0 Å². The highest BCUT2D eigenvalue weighted by Gasteiger charge is 2.20. The molecule has 0 aromatic heterocycles. The molecule has 3 atom stereocenters. The Hall–Kier alpha value is -2.14. The molecule has 0 aliphatic carbocycles. The van der Waals surface area contributed by atoms with E-state index in [9.17, 15) is 24.3 Å². The maximum absolute atomic E-state index is 12.0. The molecule has 0 aromatic carbocycles. The number of carboxylic acids is 1. The van der Waals surface area contributed by atoms with Crippen molar-refractivity contribution in [3.8, 4) is 0 Å². The SMILES string of the molecule is CC(=O)SCC(CNCC(=O)N[C@@H](CCCNC(=N)N)C(=O)O)CC(C)C=O. The van der Waals surface area contributed by atoms with E-state index in [2.05, 4.69) is 16.0 Å². The fourth-order valence-corrected chi connectivity index (χ4v) is 3.17. The average molecular weight is 418 g/mol. The van der Waals surface area contributed by atoms with E-state index in [0.717, 1.165) is 6.29 Å². The van der Waals surface area contributed by atoms with Crippen LogP contribution in [0.1, 0.15) is 33.1 Å². The third-order valence-electron chi connectivity index (χ3n) is 3.80. The number of guanidine groups is 1. The quantitative estimate of drug-likeness (QED) is 0.0890. The number of hydrogen-bond acceptors (Lipinski definition) is 7. The Morgan fingerprint density at radius 3 is 2.54 bits per heavy atom. The number of hydrogen-bond donors (Lipinski definition) is 6. The number of amides is 1. The van der Waals surface area contributed by atoms with Crippen molar-refractivity contribution in [2.24, 2.45) is 17.6 Å². The van der Waals surface area contributed by atoms with Gasteiger partial charge < -0.3 is 31.6 Å². The first kappa shape index (κ1) is 25.9. The molecule has 7 N–H and O–H groups in total. The number of carbonyl (C=O) groups is 4. The van der Waals surface area contributed by atoms with Gasteiger partial charge in [-0.25, -0.2) is 4.79 Å². The summed E-state index contributed by atoms with van der Waals surface area (Å²) in [5, 5.41) is 24.2. The molecule has 11 heteroatoms. The maximum atomic E-state index is 12.0. The van der Waals surface area contributed by atoms with E-state index < -0.39 is 17.9 Å². The van der Waals surface area contributed by atoms with E-state index in [1.54, 1.807) is 6.92 Å². The average Bonchev–Trinajstić information content (AvgIpc) is 2.61. The van der Waals surface area contributed by atoms with Crippen LogP contribution in [0, 0.1) is 17.2 Å². The van der Waals surface area contributed by atoms with Crippen molar-refractivity contribution in [1.82, 2.24) is 16.0 Å². The molecule has 0 spiro atoms. The standard InChI is InChI=1S/C17H31N5O5S/c1-11(9-23)6-13(10-28-12(2)24)7-20-8-15(25)22-14(16(26)27)4-3-5-21-17(18)19/h9,11,13-14,20H,3-8,10H2,1-2H3,(H,22,25)(H,26,27)(H4,18,19,21)/t11?,13?,14-/m0/s1. The van der Waals surface area contributed by atoms with Gasteiger partial charge in [-0.2, -0.15) is 0 Å². The van der Waals surface area contributed by atoms with Gasteiger partial charge in [0, 0.05) is 25.1 Å². The molecule has 0 aliphatic heterocycles. The van der Waals surface area contributed by atoms with Crippen molar-refractivity contribution in [1.29, 1.82) is 5.41 Å². The molecule has 10 nitrogen and oxygen atoms in total. The first-order valence-electron chi connectivity index (χ1n) is 9.05. The van der Waals surface area contributed by atoms with Gasteiger partial charge in [0.05, 0.1) is 6.54 Å². The molecular weight excluding hydrogens is 386 g/mol. The molecule has 0 aliphatic rings. The highest BCUT2D eigenvalue weighted by atomic mass is 32.2. The molecule has 0 saturated heterocycles. The second kappa shape index (κ2) is 14.9. The topological polar surface area (TPSA) is 174 Å². The molecule has 2 unspecified atom stereocenters. The first-order chi connectivity index (χ1) is 13.1. The van der Waals surface area contributed by atoms with Crippen LogP contribution in [0.5, 0.6) is 0 Å². The van der Waals surface area contributed by atoms with E-state index in [1.807, 2.05) is 0 Å². The second-order valence-electron chi connectivity index (χ2n) is 6.59. The lowest BCUT2D eigenvalue weighted by Crippen LogP contribution is -2.45. The number of aldehydes is 1. The van der Waals surface area contributed by atoms with Gasteiger partial charge in [0.15, 0.2) is 11.1 Å². The lowest BCUT2D eigenvalue weighted by Gasteiger charge is -2.19. The zero-order chi connectivity index (χ0) is 21.5. The summed E-state index contributed by atoms with van der Waals surface area (Å²) in [5.74, 6) is -1.34. The summed E-state index contributed by atoms with van der Waals surface area (Å²) in [4.78, 5) is 45.3. The van der Waals surface area contributed by atoms with Crippen molar-refractivity contribution in [2.45, 2.75) is 39.2 Å². The van der Waals surface area contributed by atoms with E-state index in [4.69, 9.17) is 11.1 Å². The summed E-state index contributed by atoms with van der Waals surface area (Å²) in [6.07, 6.45) is 2.09. The summed E-state index contributed by atoms with van der Waals surface area (Å²) >= 11 is 1.18. The highest BCUT2D eigenvalue weighted by molar-refractivity contribution is 8.13. The van der Waals surface area contributed by atoms with Gasteiger partial charge in [-0.3, -0.25) is 15.0 Å². The van der Waals surface area contributed by atoms with Crippen molar-refractivity contribution in [2.75, 3.05) is 25.4 Å². The van der Waals surface area contributed by atoms with Gasteiger partial charge in [0.1, 0.15) is 12.3 Å². The molecular formula is C17H31N5O5S. The minimum absolute atomic E-state index is 0.00920. The van der Waals surface area contributed by atoms with Crippen LogP contribution in [-0.2, 0) is 19.2 Å². The normalized spacial score (nSPS) is 13.8. The molecule has 0 fully saturated rings. The van der Waals surface area contributed by atoms with Crippen LogP contribution in [-0.4, -0.2) is 65.8 Å². The molecule has 0 rings (SSSR count). The lowest BCUT2D eigenvalue weighted by molar-refractivity contribution is -0.141. The summed E-state index contributed by atoms with van der Waals surface area (Å²) in [7, 11) is 0. The van der Waals surface area contributed by atoms with Crippen LogP contribution in [0.4, 0.5) is 0 Å². The largest absolute Gasteiger partial charge is 0.480 e. The molecule has 28 heavy (non-hydrogen) atoms.